The fraction of sp³-hybridized carbons (Fsp3) is 0.667. The van der Waals surface area contributed by atoms with Gasteiger partial charge in [-0.25, -0.2) is 0 Å². The highest BCUT2D eigenvalue weighted by Crippen LogP contribution is 2.30. The second-order valence-electron chi connectivity index (χ2n) is 5.23. The van der Waals surface area contributed by atoms with E-state index in [1.165, 1.54) is 32.1 Å². The number of hydrogen-bond acceptors (Lipinski definition) is 3. The number of methoxy groups -OCH3 is 1. The van der Waals surface area contributed by atoms with Gasteiger partial charge in [0, 0.05) is 25.9 Å². The van der Waals surface area contributed by atoms with E-state index in [0.717, 1.165) is 5.56 Å². The fourth-order valence-corrected chi connectivity index (χ4v) is 3.00. The van der Waals surface area contributed by atoms with E-state index >= 15 is 0 Å². The molecule has 1 fully saturated rings. The first-order valence-corrected chi connectivity index (χ1v) is 6.91. The van der Waals surface area contributed by atoms with Crippen LogP contribution in [0.3, 0.4) is 0 Å². The Bertz CT molecular complexity index is 336. The third-order valence-electron chi connectivity index (χ3n) is 3.93. The minimum Gasteiger partial charge on any atom is -0.390 e. The van der Waals surface area contributed by atoms with Crippen molar-refractivity contribution in [3.8, 4) is 0 Å². The Hall–Kier alpha value is -0.930. The van der Waals surface area contributed by atoms with Crippen molar-refractivity contribution in [1.82, 2.24) is 4.98 Å². The molecule has 18 heavy (non-hydrogen) atoms. The molecule has 1 heterocycles. The van der Waals surface area contributed by atoms with Crippen LogP contribution in [0.1, 0.15) is 37.7 Å². The molecule has 1 aromatic heterocycles. The first kappa shape index (κ1) is 13.5. The number of aliphatic hydroxyl groups is 1. The van der Waals surface area contributed by atoms with Gasteiger partial charge in [0.15, 0.2) is 0 Å². The molecule has 0 spiro atoms. The van der Waals surface area contributed by atoms with Crippen molar-refractivity contribution in [3.05, 3.63) is 30.1 Å². The summed E-state index contributed by atoms with van der Waals surface area (Å²) in [5.74, 6) is 0.510. The van der Waals surface area contributed by atoms with Crippen LogP contribution in [0.4, 0.5) is 0 Å². The Morgan fingerprint density at radius 3 is 2.78 bits per heavy atom. The molecule has 1 aliphatic carbocycles. The number of aromatic nitrogens is 1. The third-order valence-corrected chi connectivity index (χ3v) is 3.93. The van der Waals surface area contributed by atoms with Gasteiger partial charge in [-0.05, 0) is 30.4 Å². The van der Waals surface area contributed by atoms with Crippen molar-refractivity contribution in [2.75, 3.05) is 7.11 Å². The van der Waals surface area contributed by atoms with Crippen LogP contribution in [-0.4, -0.2) is 29.4 Å². The van der Waals surface area contributed by atoms with Gasteiger partial charge in [0.25, 0.3) is 0 Å². The second kappa shape index (κ2) is 6.86. The zero-order chi connectivity index (χ0) is 12.8. The van der Waals surface area contributed by atoms with E-state index in [0.29, 0.717) is 12.3 Å². The van der Waals surface area contributed by atoms with Crippen LogP contribution < -0.4 is 0 Å². The van der Waals surface area contributed by atoms with E-state index in [1.54, 1.807) is 13.3 Å². The lowest BCUT2D eigenvalue weighted by Crippen LogP contribution is -2.37. The normalized spacial score (nSPS) is 20.6. The number of hydrogen-bond donors (Lipinski definition) is 1. The van der Waals surface area contributed by atoms with Gasteiger partial charge in [0.1, 0.15) is 0 Å². The van der Waals surface area contributed by atoms with Crippen molar-refractivity contribution >= 4 is 0 Å². The van der Waals surface area contributed by atoms with Gasteiger partial charge >= 0.3 is 0 Å². The van der Waals surface area contributed by atoms with E-state index in [9.17, 15) is 5.11 Å². The Labute approximate surface area is 109 Å². The largest absolute Gasteiger partial charge is 0.390 e. The fourth-order valence-electron chi connectivity index (χ4n) is 3.00. The van der Waals surface area contributed by atoms with Crippen molar-refractivity contribution < 1.29 is 9.84 Å². The molecule has 3 heteroatoms. The Morgan fingerprint density at radius 2 is 2.17 bits per heavy atom. The first-order valence-electron chi connectivity index (χ1n) is 6.91. The molecule has 100 valence electrons. The molecule has 0 aromatic carbocycles. The molecule has 2 unspecified atom stereocenters. The van der Waals surface area contributed by atoms with Gasteiger partial charge in [-0.3, -0.25) is 4.98 Å². The summed E-state index contributed by atoms with van der Waals surface area (Å²) in [5, 5.41) is 10.4. The third kappa shape index (κ3) is 3.53. The lowest BCUT2D eigenvalue weighted by atomic mass is 9.82. The highest BCUT2D eigenvalue weighted by molar-refractivity contribution is 5.10. The molecule has 3 nitrogen and oxygen atoms in total. The van der Waals surface area contributed by atoms with Crippen LogP contribution in [0, 0.1) is 5.92 Å². The molecule has 2 rings (SSSR count). The topological polar surface area (TPSA) is 42.4 Å². The molecule has 1 aliphatic rings. The quantitative estimate of drug-likeness (QED) is 0.872. The zero-order valence-electron chi connectivity index (χ0n) is 11.1. The summed E-state index contributed by atoms with van der Waals surface area (Å²) in [5.41, 5.74) is 1.07. The van der Waals surface area contributed by atoms with Crippen molar-refractivity contribution in [2.24, 2.45) is 5.92 Å². The summed E-state index contributed by atoms with van der Waals surface area (Å²) in [7, 11) is 1.71. The van der Waals surface area contributed by atoms with Crippen molar-refractivity contribution in [3.63, 3.8) is 0 Å². The maximum absolute atomic E-state index is 10.4. The molecule has 0 bridgehead atoms. The number of pyridine rings is 1. The smallest absolute Gasteiger partial charge is 0.0861 e. The Morgan fingerprint density at radius 1 is 1.39 bits per heavy atom. The molecule has 0 aliphatic heterocycles. The second-order valence-corrected chi connectivity index (χ2v) is 5.23. The van der Waals surface area contributed by atoms with E-state index in [2.05, 4.69) is 4.98 Å². The molecule has 1 aromatic rings. The Kier molecular flexibility index (Phi) is 5.14. The predicted molar refractivity (Wildman–Crippen MR) is 71.3 cm³/mol. The standard InChI is InChI=1S/C15H23NO2/c1-18-15(13-7-3-2-4-8-13)14(17)10-12-6-5-9-16-11-12/h5-6,9,11,13-15,17H,2-4,7-8,10H2,1H3. The van der Waals surface area contributed by atoms with Crippen LogP contribution in [0.15, 0.2) is 24.5 Å². The molecule has 0 amide bonds. The van der Waals surface area contributed by atoms with Gasteiger partial charge < -0.3 is 9.84 Å². The van der Waals surface area contributed by atoms with Crippen LogP contribution in [0.2, 0.25) is 0 Å². The summed E-state index contributed by atoms with van der Waals surface area (Å²) >= 11 is 0. The van der Waals surface area contributed by atoms with Crippen LogP contribution in [0.25, 0.3) is 0 Å². The molecule has 0 saturated heterocycles. The van der Waals surface area contributed by atoms with E-state index in [-0.39, 0.29) is 6.10 Å². The lowest BCUT2D eigenvalue weighted by Gasteiger charge is -2.32. The van der Waals surface area contributed by atoms with Crippen molar-refractivity contribution in [1.29, 1.82) is 0 Å². The summed E-state index contributed by atoms with van der Waals surface area (Å²) in [6.07, 6.45) is 9.96. The SMILES string of the molecule is COC(C(O)Cc1cccnc1)C1CCCCC1. The maximum atomic E-state index is 10.4. The van der Waals surface area contributed by atoms with Crippen molar-refractivity contribution in [2.45, 2.75) is 50.7 Å². The van der Waals surface area contributed by atoms with E-state index in [1.807, 2.05) is 18.3 Å². The molecule has 0 radical (unpaired) electrons. The minimum atomic E-state index is -0.428. The number of rotatable bonds is 5. The van der Waals surface area contributed by atoms with Gasteiger partial charge in [-0.1, -0.05) is 25.3 Å². The lowest BCUT2D eigenvalue weighted by molar-refractivity contribution is -0.0535. The van der Waals surface area contributed by atoms with E-state index < -0.39 is 6.10 Å². The van der Waals surface area contributed by atoms with E-state index in [4.69, 9.17) is 4.74 Å². The number of nitrogens with zero attached hydrogens (tertiary/aromatic N) is 1. The highest BCUT2D eigenvalue weighted by atomic mass is 16.5. The first-order chi connectivity index (χ1) is 8.81. The summed E-state index contributed by atoms with van der Waals surface area (Å²) in [6.45, 7) is 0. The van der Waals surface area contributed by atoms with Gasteiger partial charge in [-0.2, -0.15) is 0 Å². The summed E-state index contributed by atoms with van der Waals surface area (Å²) in [6, 6.07) is 3.91. The monoisotopic (exact) mass is 249 g/mol. The molecule has 1 N–H and O–H groups in total. The van der Waals surface area contributed by atoms with Gasteiger partial charge in [-0.15, -0.1) is 0 Å². The van der Waals surface area contributed by atoms with Crippen LogP contribution >= 0.6 is 0 Å². The van der Waals surface area contributed by atoms with Gasteiger partial charge in [0.05, 0.1) is 12.2 Å². The average Bonchev–Trinajstić information content (AvgIpc) is 2.42. The highest BCUT2D eigenvalue weighted by Gasteiger charge is 2.29. The van der Waals surface area contributed by atoms with Crippen LogP contribution in [0.5, 0.6) is 0 Å². The molecular weight excluding hydrogens is 226 g/mol. The predicted octanol–water partition coefficient (Wildman–Crippen LogP) is 2.58. The van der Waals surface area contributed by atoms with Gasteiger partial charge in [0.2, 0.25) is 0 Å². The van der Waals surface area contributed by atoms with Crippen LogP contribution in [-0.2, 0) is 11.2 Å². The average molecular weight is 249 g/mol. The number of aliphatic hydroxyl groups excluding tert-OH is 1. The minimum absolute atomic E-state index is 0.0366. The summed E-state index contributed by atoms with van der Waals surface area (Å²) in [4.78, 5) is 4.08. The maximum Gasteiger partial charge on any atom is 0.0861 e. The summed E-state index contributed by atoms with van der Waals surface area (Å²) < 4.78 is 5.55. The molecule has 1 saturated carbocycles. The molecule has 2 atom stereocenters. The zero-order valence-corrected chi connectivity index (χ0v) is 11.1. The number of ether oxygens (including phenoxy) is 1. The Balaban J connectivity index is 1.94. The molecular formula is C15H23NO2.